The van der Waals surface area contributed by atoms with Crippen LogP contribution in [0.5, 0.6) is 5.75 Å². The second-order valence-electron chi connectivity index (χ2n) is 15.8. The molecule has 2 N–H and O–H groups in total. The quantitative estimate of drug-likeness (QED) is 0.0620. The van der Waals surface area contributed by atoms with Gasteiger partial charge in [-0.15, -0.1) is 0 Å². The number of ether oxygens (including phenoxy) is 1. The van der Waals surface area contributed by atoms with Crippen molar-refractivity contribution >= 4 is 5.69 Å². The van der Waals surface area contributed by atoms with Crippen LogP contribution in [0.15, 0.2) is 24.3 Å². The van der Waals surface area contributed by atoms with Gasteiger partial charge in [0.25, 0.3) is 0 Å². The van der Waals surface area contributed by atoms with Gasteiger partial charge in [-0.2, -0.15) is 0 Å². The van der Waals surface area contributed by atoms with Crippen molar-refractivity contribution in [3.8, 4) is 5.75 Å². The molecular formula is C45H83NO. The fourth-order valence-corrected chi connectivity index (χ4v) is 8.83. The molecule has 0 radical (unpaired) electrons. The van der Waals surface area contributed by atoms with Crippen LogP contribution in [0.25, 0.3) is 0 Å². The van der Waals surface area contributed by atoms with E-state index in [1.807, 2.05) is 24.3 Å². The van der Waals surface area contributed by atoms with Gasteiger partial charge >= 0.3 is 0 Å². The van der Waals surface area contributed by atoms with Crippen molar-refractivity contribution in [1.29, 1.82) is 0 Å². The summed E-state index contributed by atoms with van der Waals surface area (Å²) < 4.78 is 5.92. The summed E-state index contributed by atoms with van der Waals surface area (Å²) in [6.07, 6.45) is 44.9. The van der Waals surface area contributed by atoms with E-state index in [-0.39, 0.29) is 0 Å². The summed E-state index contributed by atoms with van der Waals surface area (Å²) in [4.78, 5) is 0. The number of nitrogens with two attached hydrogens (primary N) is 1. The first-order valence-electron chi connectivity index (χ1n) is 21.7. The zero-order chi connectivity index (χ0) is 33.6. The second kappa shape index (κ2) is 29.7. The Balaban J connectivity index is 1.83. The average molecular weight is 654 g/mol. The number of unbranched alkanes of at least 4 members (excludes halogenated alkanes) is 21. The number of nitrogen functional groups attached to an aromatic ring is 1. The summed E-state index contributed by atoms with van der Waals surface area (Å²) in [5.74, 6) is 5.02. The van der Waals surface area contributed by atoms with Crippen LogP contribution in [0, 0.1) is 23.7 Å². The number of hydrogen-bond donors (Lipinski definition) is 1. The Morgan fingerprint density at radius 2 is 0.787 bits per heavy atom. The number of hydrogen-bond acceptors (Lipinski definition) is 2. The molecule has 2 nitrogen and oxygen atoms in total. The van der Waals surface area contributed by atoms with Gasteiger partial charge in [0.05, 0.1) is 6.61 Å². The lowest BCUT2D eigenvalue weighted by molar-refractivity contribution is 0.0581. The van der Waals surface area contributed by atoms with Gasteiger partial charge < -0.3 is 10.5 Å². The van der Waals surface area contributed by atoms with Crippen molar-refractivity contribution in [3.63, 3.8) is 0 Å². The highest BCUT2D eigenvalue weighted by Crippen LogP contribution is 2.47. The van der Waals surface area contributed by atoms with Crippen molar-refractivity contribution in [3.05, 3.63) is 24.3 Å². The van der Waals surface area contributed by atoms with Crippen molar-refractivity contribution in [2.24, 2.45) is 23.7 Å². The maximum absolute atomic E-state index is 5.92. The summed E-state index contributed by atoms with van der Waals surface area (Å²) in [6.45, 7) is 7.87. The minimum absolute atomic E-state index is 0.802. The molecule has 0 heterocycles. The Kier molecular flexibility index (Phi) is 26.5. The van der Waals surface area contributed by atoms with E-state index in [4.69, 9.17) is 10.5 Å². The van der Waals surface area contributed by atoms with Gasteiger partial charge in [0.2, 0.25) is 0 Å². The Morgan fingerprint density at radius 3 is 1.21 bits per heavy atom. The molecule has 1 aromatic rings. The van der Waals surface area contributed by atoms with Crippen molar-refractivity contribution < 1.29 is 4.74 Å². The van der Waals surface area contributed by atoms with Crippen molar-refractivity contribution in [2.75, 3.05) is 12.3 Å². The van der Waals surface area contributed by atoms with E-state index in [9.17, 15) is 0 Å². The highest BCUT2D eigenvalue weighted by atomic mass is 16.5. The predicted octanol–water partition coefficient (Wildman–Crippen LogP) is 15.3. The van der Waals surface area contributed by atoms with E-state index in [0.29, 0.717) is 0 Å². The summed E-state index contributed by atoms with van der Waals surface area (Å²) in [7, 11) is 0. The zero-order valence-corrected chi connectivity index (χ0v) is 32.2. The lowest BCUT2D eigenvalue weighted by Gasteiger charge is -2.44. The molecule has 2 heteroatoms. The van der Waals surface area contributed by atoms with Crippen LogP contribution >= 0.6 is 0 Å². The first-order valence-corrected chi connectivity index (χ1v) is 21.7. The maximum atomic E-state index is 5.92. The minimum atomic E-state index is 0.802. The number of rotatable bonds is 32. The van der Waals surface area contributed by atoms with Gasteiger partial charge in [0.1, 0.15) is 5.75 Å². The van der Waals surface area contributed by atoms with Crippen LogP contribution in [0.1, 0.15) is 220 Å². The summed E-state index contributed by atoms with van der Waals surface area (Å²) in [5, 5.41) is 0. The molecule has 0 saturated heterocycles. The molecule has 1 aromatic carbocycles. The van der Waals surface area contributed by atoms with Crippen molar-refractivity contribution in [2.45, 2.75) is 220 Å². The molecule has 47 heavy (non-hydrogen) atoms. The molecule has 2 rings (SSSR count). The lowest BCUT2D eigenvalue weighted by Crippen LogP contribution is -2.35. The highest BCUT2D eigenvalue weighted by Gasteiger charge is 2.37. The fraction of sp³-hybridized carbons (Fsp3) is 0.867. The van der Waals surface area contributed by atoms with E-state index in [0.717, 1.165) is 48.1 Å². The molecule has 0 bridgehead atoms. The molecule has 0 spiro atoms. The average Bonchev–Trinajstić information content (AvgIpc) is 3.08. The van der Waals surface area contributed by atoms with Crippen LogP contribution < -0.4 is 10.5 Å². The van der Waals surface area contributed by atoms with Gasteiger partial charge in [-0.05, 0) is 80.0 Å². The summed E-state index contributed by atoms with van der Waals surface area (Å²) in [5.41, 5.74) is 6.60. The van der Waals surface area contributed by atoms with Crippen LogP contribution in [0.2, 0.25) is 0 Å². The first kappa shape index (κ1) is 42.0. The predicted molar refractivity (Wildman–Crippen MR) is 210 cm³/mol. The number of benzene rings is 1. The minimum Gasteiger partial charge on any atom is -0.494 e. The topological polar surface area (TPSA) is 35.2 Å². The molecule has 0 aromatic heterocycles. The van der Waals surface area contributed by atoms with E-state index in [1.54, 1.807) is 12.8 Å². The molecule has 1 fully saturated rings. The Hall–Kier alpha value is -1.18. The van der Waals surface area contributed by atoms with Crippen LogP contribution in [0.4, 0.5) is 5.69 Å². The highest BCUT2D eigenvalue weighted by molar-refractivity contribution is 5.41. The van der Waals surface area contributed by atoms with E-state index >= 15 is 0 Å². The van der Waals surface area contributed by atoms with Gasteiger partial charge in [0.15, 0.2) is 0 Å². The lowest BCUT2D eigenvalue weighted by atomic mass is 9.61. The van der Waals surface area contributed by atoms with Gasteiger partial charge in [-0.3, -0.25) is 0 Å². The van der Waals surface area contributed by atoms with E-state index < -0.39 is 0 Å². The van der Waals surface area contributed by atoms with Crippen LogP contribution in [-0.2, 0) is 0 Å². The molecule has 0 amide bonds. The normalized spacial score (nSPS) is 19.7. The molecule has 4 unspecified atom stereocenters. The van der Waals surface area contributed by atoms with E-state index in [1.165, 1.54) is 180 Å². The largest absolute Gasteiger partial charge is 0.494 e. The first-order chi connectivity index (χ1) is 23.2. The molecule has 1 saturated carbocycles. The molecule has 274 valence electrons. The third-order valence-corrected chi connectivity index (χ3v) is 11.7. The van der Waals surface area contributed by atoms with Gasteiger partial charge in [-0.25, -0.2) is 0 Å². The van der Waals surface area contributed by atoms with Gasteiger partial charge in [0, 0.05) is 5.69 Å². The molecule has 0 aliphatic heterocycles. The zero-order valence-electron chi connectivity index (χ0n) is 32.2. The van der Waals surface area contributed by atoms with Gasteiger partial charge in [-0.1, -0.05) is 188 Å². The van der Waals surface area contributed by atoms with Crippen molar-refractivity contribution in [1.82, 2.24) is 0 Å². The smallest absolute Gasteiger partial charge is 0.119 e. The molecular weight excluding hydrogens is 571 g/mol. The fourth-order valence-electron chi connectivity index (χ4n) is 8.83. The monoisotopic (exact) mass is 654 g/mol. The third kappa shape index (κ3) is 20.8. The third-order valence-electron chi connectivity index (χ3n) is 11.7. The maximum Gasteiger partial charge on any atom is 0.119 e. The summed E-state index contributed by atoms with van der Waals surface area (Å²) >= 11 is 0. The Bertz CT molecular complexity index is 790. The molecule has 1 aliphatic carbocycles. The van der Waals surface area contributed by atoms with Crippen LogP contribution in [0.3, 0.4) is 0 Å². The Labute approximate surface area is 295 Å². The number of anilines is 1. The summed E-state index contributed by atoms with van der Waals surface area (Å²) in [6, 6.07) is 7.82. The molecule has 1 aliphatic rings. The van der Waals surface area contributed by atoms with Crippen LogP contribution in [-0.4, -0.2) is 6.61 Å². The standard InChI is InChI=1S/C45H83NO/c1-4-7-10-13-15-16-17-20-25-30-41-34-33-40(29-24-12-9-6-3)44(31-26-21-14-11-8-5-2)45(41)32-27-22-18-19-23-28-39-47-43-37-35-42(46)36-38-43/h35-38,40-41,44-45H,4-34,39,46H2,1-3H3. The Morgan fingerprint density at radius 1 is 0.447 bits per heavy atom. The van der Waals surface area contributed by atoms with E-state index in [2.05, 4.69) is 20.8 Å². The molecule has 4 atom stereocenters. The second-order valence-corrected chi connectivity index (χ2v) is 15.8. The SMILES string of the molecule is CCCCCCCCCCCC1CCC(CCCCCC)C(CCCCCCCC)C1CCCCCCCCOc1ccc(N)cc1.